The summed E-state index contributed by atoms with van der Waals surface area (Å²) >= 11 is 0. The van der Waals surface area contributed by atoms with E-state index in [4.69, 9.17) is 0 Å². The van der Waals surface area contributed by atoms with Gasteiger partial charge in [0.25, 0.3) is 5.91 Å². The molecule has 0 saturated carbocycles. The first-order valence-corrected chi connectivity index (χ1v) is 7.01. The monoisotopic (exact) mass is 302 g/mol. The number of amides is 1. The van der Waals surface area contributed by atoms with Crippen molar-refractivity contribution < 1.29 is 14.7 Å². The summed E-state index contributed by atoms with van der Waals surface area (Å²) in [5.74, 6) is -1.57. The van der Waals surface area contributed by atoms with Crippen molar-refractivity contribution in [3.05, 3.63) is 42.5 Å². The molecule has 22 heavy (non-hydrogen) atoms. The van der Waals surface area contributed by atoms with Crippen LogP contribution >= 0.6 is 0 Å². The van der Waals surface area contributed by atoms with Crippen molar-refractivity contribution >= 4 is 11.9 Å². The van der Waals surface area contributed by atoms with Gasteiger partial charge in [0.05, 0.1) is 0 Å². The van der Waals surface area contributed by atoms with Crippen LogP contribution in [0.25, 0.3) is 5.69 Å². The molecule has 0 aliphatic rings. The van der Waals surface area contributed by atoms with Crippen LogP contribution in [0.5, 0.6) is 0 Å². The predicted molar refractivity (Wildman–Crippen MR) is 79.7 cm³/mol. The Morgan fingerprint density at radius 1 is 1.23 bits per heavy atom. The standard InChI is InChI=1S/C15H18N4O3/c1-3-10(2)13(15(21)22)18-14(20)11-4-6-12(7-5-11)19-8-16-17-9-19/h4-10,13H,3H2,1-2H3,(H,18,20)(H,21,22)/t10-,13-/m0/s1. The second-order valence-electron chi connectivity index (χ2n) is 5.09. The zero-order valence-electron chi connectivity index (χ0n) is 12.4. The Morgan fingerprint density at radius 3 is 2.32 bits per heavy atom. The lowest BCUT2D eigenvalue weighted by molar-refractivity contribution is -0.140. The topological polar surface area (TPSA) is 97.1 Å². The Morgan fingerprint density at radius 2 is 1.82 bits per heavy atom. The lowest BCUT2D eigenvalue weighted by atomic mass is 9.99. The fourth-order valence-electron chi connectivity index (χ4n) is 2.03. The molecule has 2 rings (SSSR count). The molecular formula is C15H18N4O3. The molecule has 2 atom stereocenters. The molecule has 116 valence electrons. The number of carbonyl (C=O) groups excluding carboxylic acids is 1. The molecule has 0 unspecified atom stereocenters. The first-order valence-electron chi connectivity index (χ1n) is 7.01. The maximum Gasteiger partial charge on any atom is 0.326 e. The average Bonchev–Trinajstić information content (AvgIpc) is 3.06. The number of benzene rings is 1. The van der Waals surface area contributed by atoms with E-state index in [-0.39, 0.29) is 5.92 Å². The molecule has 0 aliphatic heterocycles. The Hall–Kier alpha value is -2.70. The quantitative estimate of drug-likeness (QED) is 0.842. The van der Waals surface area contributed by atoms with E-state index in [0.717, 1.165) is 5.69 Å². The smallest absolute Gasteiger partial charge is 0.326 e. The summed E-state index contributed by atoms with van der Waals surface area (Å²) < 4.78 is 1.71. The highest BCUT2D eigenvalue weighted by molar-refractivity contribution is 5.96. The molecule has 2 aromatic rings. The number of carbonyl (C=O) groups is 2. The summed E-state index contributed by atoms with van der Waals surface area (Å²) in [6.45, 7) is 3.69. The van der Waals surface area contributed by atoms with E-state index in [2.05, 4.69) is 15.5 Å². The minimum atomic E-state index is -1.02. The van der Waals surface area contributed by atoms with Gasteiger partial charge < -0.3 is 10.4 Å². The molecular weight excluding hydrogens is 284 g/mol. The second kappa shape index (κ2) is 6.84. The van der Waals surface area contributed by atoms with E-state index in [1.54, 1.807) is 48.4 Å². The van der Waals surface area contributed by atoms with Crippen LogP contribution in [0.4, 0.5) is 0 Å². The van der Waals surface area contributed by atoms with Crippen molar-refractivity contribution in [3.63, 3.8) is 0 Å². The third-order valence-corrected chi connectivity index (χ3v) is 3.61. The van der Waals surface area contributed by atoms with Crippen LogP contribution in [0, 0.1) is 5.92 Å². The largest absolute Gasteiger partial charge is 0.480 e. The summed E-state index contributed by atoms with van der Waals surface area (Å²) in [6.07, 6.45) is 3.78. The molecule has 1 amide bonds. The van der Waals surface area contributed by atoms with Crippen LogP contribution in [0.15, 0.2) is 36.9 Å². The van der Waals surface area contributed by atoms with Crippen molar-refractivity contribution in [1.29, 1.82) is 0 Å². The highest BCUT2D eigenvalue weighted by Crippen LogP contribution is 2.11. The maximum absolute atomic E-state index is 12.2. The number of carboxylic acids is 1. The fraction of sp³-hybridized carbons (Fsp3) is 0.333. The van der Waals surface area contributed by atoms with Gasteiger partial charge in [-0.2, -0.15) is 0 Å². The Kier molecular flexibility index (Phi) is 4.88. The number of hydrogen-bond acceptors (Lipinski definition) is 4. The van der Waals surface area contributed by atoms with Crippen LogP contribution < -0.4 is 5.32 Å². The van der Waals surface area contributed by atoms with E-state index < -0.39 is 17.9 Å². The lowest BCUT2D eigenvalue weighted by Crippen LogP contribution is -2.45. The summed E-state index contributed by atoms with van der Waals surface area (Å²) in [7, 11) is 0. The van der Waals surface area contributed by atoms with Gasteiger partial charge >= 0.3 is 5.97 Å². The molecule has 1 heterocycles. The molecule has 0 bridgehead atoms. The van der Waals surface area contributed by atoms with Crippen LogP contribution in [-0.2, 0) is 4.79 Å². The van der Waals surface area contributed by atoms with Crippen LogP contribution in [0.3, 0.4) is 0 Å². The molecule has 2 N–H and O–H groups in total. The number of rotatable bonds is 6. The van der Waals surface area contributed by atoms with Gasteiger partial charge in [0.15, 0.2) is 0 Å². The fourth-order valence-corrected chi connectivity index (χ4v) is 2.03. The Labute approximate surface area is 128 Å². The Bertz CT molecular complexity index is 637. The normalized spacial score (nSPS) is 13.4. The first-order chi connectivity index (χ1) is 10.5. The Balaban J connectivity index is 2.11. The summed E-state index contributed by atoms with van der Waals surface area (Å²) in [4.78, 5) is 23.4. The minimum Gasteiger partial charge on any atom is -0.480 e. The molecule has 7 heteroatoms. The van der Waals surface area contributed by atoms with E-state index in [9.17, 15) is 14.7 Å². The van der Waals surface area contributed by atoms with Crippen LogP contribution in [-0.4, -0.2) is 37.8 Å². The van der Waals surface area contributed by atoms with Crippen molar-refractivity contribution in [3.8, 4) is 5.69 Å². The summed E-state index contributed by atoms with van der Waals surface area (Å²) in [6, 6.07) is 5.88. The number of carboxylic acid groups (broad SMARTS) is 1. The highest BCUT2D eigenvalue weighted by Gasteiger charge is 2.25. The van der Waals surface area contributed by atoms with Gasteiger partial charge in [-0.25, -0.2) is 4.79 Å². The number of aliphatic carboxylic acids is 1. The van der Waals surface area contributed by atoms with Crippen molar-refractivity contribution in [2.75, 3.05) is 0 Å². The molecule has 0 radical (unpaired) electrons. The number of aromatic nitrogens is 3. The number of nitrogens with one attached hydrogen (secondary N) is 1. The van der Waals surface area contributed by atoms with Gasteiger partial charge in [-0.05, 0) is 30.2 Å². The number of hydrogen-bond donors (Lipinski definition) is 2. The van der Waals surface area contributed by atoms with Gasteiger partial charge in [0, 0.05) is 11.3 Å². The second-order valence-corrected chi connectivity index (χ2v) is 5.09. The van der Waals surface area contributed by atoms with Crippen LogP contribution in [0.1, 0.15) is 30.6 Å². The van der Waals surface area contributed by atoms with Gasteiger partial charge in [-0.1, -0.05) is 20.3 Å². The summed E-state index contributed by atoms with van der Waals surface area (Å²) in [5.41, 5.74) is 1.23. The zero-order chi connectivity index (χ0) is 16.1. The van der Waals surface area contributed by atoms with Gasteiger partial charge in [0.1, 0.15) is 18.7 Å². The van der Waals surface area contributed by atoms with E-state index >= 15 is 0 Å². The van der Waals surface area contributed by atoms with E-state index in [1.165, 1.54) is 0 Å². The molecule has 1 aromatic carbocycles. The van der Waals surface area contributed by atoms with Gasteiger partial charge in [-0.3, -0.25) is 9.36 Å². The van der Waals surface area contributed by atoms with E-state index in [0.29, 0.717) is 12.0 Å². The third kappa shape index (κ3) is 3.49. The third-order valence-electron chi connectivity index (χ3n) is 3.61. The van der Waals surface area contributed by atoms with Crippen LogP contribution in [0.2, 0.25) is 0 Å². The average molecular weight is 302 g/mol. The molecule has 0 aliphatic carbocycles. The van der Waals surface area contributed by atoms with Gasteiger partial charge in [0.2, 0.25) is 0 Å². The summed E-state index contributed by atoms with van der Waals surface area (Å²) in [5, 5.41) is 19.2. The molecule has 7 nitrogen and oxygen atoms in total. The highest BCUT2D eigenvalue weighted by atomic mass is 16.4. The zero-order valence-corrected chi connectivity index (χ0v) is 12.4. The number of nitrogens with zero attached hydrogens (tertiary/aromatic N) is 3. The minimum absolute atomic E-state index is 0.141. The lowest BCUT2D eigenvalue weighted by Gasteiger charge is -2.20. The maximum atomic E-state index is 12.2. The van der Waals surface area contributed by atoms with Crippen molar-refractivity contribution in [2.45, 2.75) is 26.3 Å². The first kappa shape index (κ1) is 15.7. The molecule has 0 spiro atoms. The van der Waals surface area contributed by atoms with Crippen molar-refractivity contribution in [2.24, 2.45) is 5.92 Å². The molecule has 0 fully saturated rings. The van der Waals surface area contributed by atoms with E-state index in [1.807, 2.05) is 6.92 Å². The SMILES string of the molecule is CC[C@H](C)[C@H](NC(=O)c1ccc(-n2cnnc2)cc1)C(=O)O. The van der Waals surface area contributed by atoms with Crippen molar-refractivity contribution in [1.82, 2.24) is 20.1 Å². The predicted octanol–water partition coefficient (Wildman–Crippen LogP) is 1.50. The van der Waals surface area contributed by atoms with Gasteiger partial charge in [-0.15, -0.1) is 10.2 Å². The molecule has 1 aromatic heterocycles. The molecule has 0 saturated heterocycles.